The number of carboxylic acids is 1. The summed E-state index contributed by atoms with van der Waals surface area (Å²) in [6.45, 7) is 8.55. The second kappa shape index (κ2) is 11.1. The van der Waals surface area contributed by atoms with Crippen LogP contribution in [0.1, 0.15) is 63.7 Å². The summed E-state index contributed by atoms with van der Waals surface area (Å²) in [5, 5.41) is 28.5. The van der Waals surface area contributed by atoms with Crippen LogP contribution in [-0.2, 0) is 0 Å². The number of carbonyl (C=O) groups is 1. The van der Waals surface area contributed by atoms with Crippen molar-refractivity contribution in [2.75, 3.05) is 6.61 Å². The van der Waals surface area contributed by atoms with E-state index in [1.807, 2.05) is 13.0 Å². The molecular weight excluding hydrogens is 344 g/mol. The first-order valence-electron chi connectivity index (χ1n) is 9.07. The van der Waals surface area contributed by atoms with Crippen LogP contribution in [0, 0.1) is 0 Å². The summed E-state index contributed by atoms with van der Waals surface area (Å²) >= 11 is 0. The molecule has 0 saturated carbocycles. The van der Waals surface area contributed by atoms with Crippen molar-refractivity contribution in [1.29, 1.82) is 0 Å². The molecule has 0 heterocycles. The van der Waals surface area contributed by atoms with Crippen LogP contribution in [0.4, 0.5) is 0 Å². The second-order valence-corrected chi connectivity index (χ2v) is 6.92. The maximum Gasteiger partial charge on any atom is 0.335 e. The molecule has 5 nitrogen and oxygen atoms in total. The quantitative estimate of drug-likeness (QED) is 0.464. The topological polar surface area (TPSA) is 87.0 Å². The van der Waals surface area contributed by atoms with E-state index in [-0.39, 0.29) is 17.9 Å². The van der Waals surface area contributed by atoms with Crippen molar-refractivity contribution in [2.24, 2.45) is 0 Å². The van der Waals surface area contributed by atoms with Crippen molar-refractivity contribution in [3.63, 3.8) is 0 Å². The van der Waals surface area contributed by atoms with E-state index in [2.05, 4.69) is 32.9 Å². The molecule has 1 rings (SSSR count). The van der Waals surface area contributed by atoms with Crippen molar-refractivity contribution < 1.29 is 24.9 Å². The fourth-order valence-electron chi connectivity index (χ4n) is 2.48. The Kier molecular flexibility index (Phi) is 9.20. The van der Waals surface area contributed by atoms with E-state index >= 15 is 0 Å². The zero-order chi connectivity index (χ0) is 20.4. The predicted octanol–water partition coefficient (Wildman–Crippen LogP) is 5.59. The van der Waals surface area contributed by atoms with Gasteiger partial charge in [0, 0.05) is 0 Å². The Labute approximate surface area is 161 Å². The molecule has 0 radical (unpaired) electrons. The molecule has 0 atom stereocenters. The van der Waals surface area contributed by atoms with Crippen molar-refractivity contribution in [3.8, 4) is 17.2 Å². The van der Waals surface area contributed by atoms with Crippen LogP contribution in [0.3, 0.4) is 0 Å². The zero-order valence-corrected chi connectivity index (χ0v) is 16.6. The lowest BCUT2D eigenvalue weighted by atomic mass is 10.1. The fraction of sp³-hybridized carbons (Fsp3) is 0.409. The summed E-state index contributed by atoms with van der Waals surface area (Å²) in [6.07, 6.45) is 10.4. The molecule has 0 aliphatic carbocycles. The van der Waals surface area contributed by atoms with E-state index < -0.39 is 17.5 Å². The lowest BCUT2D eigenvalue weighted by Crippen LogP contribution is -1.99. The highest BCUT2D eigenvalue weighted by Gasteiger charge is 2.14. The third kappa shape index (κ3) is 8.49. The largest absolute Gasteiger partial charge is 0.504 e. The highest BCUT2D eigenvalue weighted by molar-refractivity contribution is 5.89. The first-order valence-corrected chi connectivity index (χ1v) is 9.07. The highest BCUT2D eigenvalue weighted by atomic mass is 16.5. The van der Waals surface area contributed by atoms with Gasteiger partial charge in [-0.05, 0) is 71.6 Å². The number of allylic oxidation sites excluding steroid dienone is 5. The van der Waals surface area contributed by atoms with Crippen LogP contribution in [0.25, 0.3) is 0 Å². The Bertz CT molecular complexity index is 714. The number of ether oxygens (including phenoxy) is 1. The molecular formula is C22H30O5. The molecule has 0 aliphatic heterocycles. The molecule has 3 N–H and O–H groups in total. The average molecular weight is 374 g/mol. The van der Waals surface area contributed by atoms with E-state index in [0.717, 1.165) is 43.4 Å². The zero-order valence-electron chi connectivity index (χ0n) is 16.6. The Hall–Kier alpha value is -2.69. The first-order chi connectivity index (χ1) is 12.7. The summed E-state index contributed by atoms with van der Waals surface area (Å²) in [5.74, 6) is -2.13. The molecule has 0 amide bonds. The van der Waals surface area contributed by atoms with Gasteiger partial charge in [0.25, 0.3) is 0 Å². The lowest BCUT2D eigenvalue weighted by molar-refractivity contribution is 0.0695. The van der Waals surface area contributed by atoms with Gasteiger partial charge in [-0.15, -0.1) is 0 Å². The van der Waals surface area contributed by atoms with Gasteiger partial charge in [0.1, 0.15) is 6.61 Å². The van der Waals surface area contributed by atoms with Gasteiger partial charge in [-0.2, -0.15) is 0 Å². The van der Waals surface area contributed by atoms with Crippen LogP contribution in [-0.4, -0.2) is 27.9 Å². The van der Waals surface area contributed by atoms with Crippen LogP contribution in [0.2, 0.25) is 0 Å². The molecule has 0 bridgehead atoms. The number of phenolic OH excluding ortho intramolecular Hbond substituents is 2. The maximum atomic E-state index is 10.9. The van der Waals surface area contributed by atoms with Gasteiger partial charge >= 0.3 is 5.97 Å². The van der Waals surface area contributed by atoms with E-state index in [4.69, 9.17) is 9.84 Å². The number of rotatable bonds is 10. The Morgan fingerprint density at radius 3 is 1.96 bits per heavy atom. The summed E-state index contributed by atoms with van der Waals surface area (Å²) in [7, 11) is 0. The summed E-state index contributed by atoms with van der Waals surface area (Å²) < 4.78 is 5.38. The molecule has 27 heavy (non-hydrogen) atoms. The fourth-order valence-corrected chi connectivity index (χ4v) is 2.48. The monoisotopic (exact) mass is 374 g/mol. The van der Waals surface area contributed by atoms with E-state index in [1.54, 1.807) is 0 Å². The number of aromatic carboxylic acids is 1. The molecule has 5 heteroatoms. The van der Waals surface area contributed by atoms with E-state index in [1.165, 1.54) is 11.1 Å². The molecule has 0 fully saturated rings. The average Bonchev–Trinajstić information content (AvgIpc) is 2.56. The van der Waals surface area contributed by atoms with Gasteiger partial charge in [-0.3, -0.25) is 0 Å². The normalized spacial score (nSPS) is 12.0. The maximum absolute atomic E-state index is 10.9. The molecule has 0 aromatic heterocycles. The SMILES string of the molecule is CC(C)=CCC/C(C)=C/CC/C(C)=C/COc1c(O)cc(C(=O)O)cc1O. The van der Waals surface area contributed by atoms with Crippen LogP contribution in [0.5, 0.6) is 17.2 Å². The summed E-state index contributed by atoms with van der Waals surface area (Å²) in [6, 6.07) is 2.10. The number of benzene rings is 1. The third-order valence-corrected chi connectivity index (χ3v) is 4.08. The van der Waals surface area contributed by atoms with Crippen molar-refractivity contribution in [3.05, 3.63) is 52.6 Å². The summed E-state index contributed by atoms with van der Waals surface area (Å²) in [4.78, 5) is 10.9. The Morgan fingerprint density at radius 1 is 0.926 bits per heavy atom. The van der Waals surface area contributed by atoms with Crippen molar-refractivity contribution >= 4 is 5.97 Å². The van der Waals surface area contributed by atoms with Crippen molar-refractivity contribution in [1.82, 2.24) is 0 Å². The number of phenols is 2. The van der Waals surface area contributed by atoms with Crippen LogP contribution < -0.4 is 4.74 Å². The number of aromatic hydroxyl groups is 2. The lowest BCUT2D eigenvalue weighted by Gasteiger charge is -2.09. The number of carboxylic acid groups (broad SMARTS) is 1. The smallest absolute Gasteiger partial charge is 0.335 e. The standard InChI is InChI=1S/C22H30O5/c1-15(2)7-5-8-16(3)9-6-10-17(4)11-12-27-21-19(23)13-18(22(25)26)14-20(21)24/h7,9,11,13-14,23-24H,5-6,8,10,12H2,1-4H3,(H,25,26)/b16-9+,17-11+. The van der Waals surface area contributed by atoms with E-state index in [0.29, 0.717) is 0 Å². The molecule has 0 spiro atoms. The van der Waals surface area contributed by atoms with Gasteiger partial charge in [-0.1, -0.05) is 28.9 Å². The minimum absolute atomic E-state index is 0.112. The summed E-state index contributed by atoms with van der Waals surface area (Å²) in [5.41, 5.74) is 3.67. The molecule has 148 valence electrons. The Balaban J connectivity index is 2.49. The highest BCUT2D eigenvalue weighted by Crippen LogP contribution is 2.37. The molecule has 1 aromatic rings. The minimum Gasteiger partial charge on any atom is -0.504 e. The van der Waals surface area contributed by atoms with E-state index in [9.17, 15) is 15.0 Å². The van der Waals surface area contributed by atoms with Crippen LogP contribution >= 0.6 is 0 Å². The van der Waals surface area contributed by atoms with Gasteiger partial charge in [-0.25, -0.2) is 4.79 Å². The first kappa shape index (κ1) is 22.4. The number of hydrogen-bond donors (Lipinski definition) is 3. The Morgan fingerprint density at radius 2 is 1.44 bits per heavy atom. The van der Waals surface area contributed by atoms with Crippen molar-refractivity contribution in [2.45, 2.75) is 53.4 Å². The van der Waals surface area contributed by atoms with Gasteiger partial charge < -0.3 is 20.1 Å². The van der Waals surface area contributed by atoms with Gasteiger partial charge in [0.05, 0.1) is 5.56 Å². The predicted molar refractivity (Wildman–Crippen MR) is 108 cm³/mol. The molecule has 1 aromatic carbocycles. The minimum atomic E-state index is -1.23. The van der Waals surface area contributed by atoms with Gasteiger partial charge in [0.15, 0.2) is 11.5 Å². The van der Waals surface area contributed by atoms with Crippen LogP contribution in [0.15, 0.2) is 47.1 Å². The molecule has 0 aliphatic rings. The molecule has 0 unspecified atom stereocenters. The van der Waals surface area contributed by atoms with Gasteiger partial charge in [0.2, 0.25) is 5.75 Å². The molecule has 0 saturated heterocycles. The third-order valence-electron chi connectivity index (χ3n) is 4.08. The second-order valence-electron chi connectivity index (χ2n) is 6.92. The number of hydrogen-bond acceptors (Lipinski definition) is 4.